The van der Waals surface area contributed by atoms with Crippen LogP contribution >= 0.6 is 11.6 Å². The summed E-state index contributed by atoms with van der Waals surface area (Å²) >= 11 is 5.54. The number of carbonyl (C=O) groups excluding carboxylic acids is 2. The lowest BCUT2D eigenvalue weighted by Gasteiger charge is -2.04. The molecule has 0 amide bonds. The van der Waals surface area contributed by atoms with Crippen LogP contribution in [-0.4, -0.2) is 17.6 Å². The third kappa shape index (κ3) is 5.00. The molecular formula is C13H15ClO3. The van der Waals surface area contributed by atoms with Crippen molar-refractivity contribution in [3.8, 4) is 5.75 Å². The summed E-state index contributed by atoms with van der Waals surface area (Å²) in [6, 6.07) is 6.66. The molecule has 4 heteroatoms. The lowest BCUT2D eigenvalue weighted by molar-refractivity contribution is -0.131. The predicted molar refractivity (Wildman–Crippen MR) is 66.7 cm³/mol. The maximum Gasteiger partial charge on any atom is 0.308 e. The van der Waals surface area contributed by atoms with Gasteiger partial charge in [-0.3, -0.25) is 9.59 Å². The molecule has 3 nitrogen and oxygen atoms in total. The van der Waals surface area contributed by atoms with Crippen LogP contribution in [0.5, 0.6) is 5.75 Å². The molecule has 1 aromatic rings. The predicted octanol–water partition coefficient (Wildman–Crippen LogP) is 3.20. The molecule has 1 aromatic carbocycles. The van der Waals surface area contributed by atoms with E-state index in [4.69, 9.17) is 16.3 Å². The fraction of sp³-hybridized carbons (Fsp3) is 0.385. The Morgan fingerprint density at radius 3 is 2.71 bits per heavy atom. The Kier molecular flexibility index (Phi) is 5.70. The van der Waals surface area contributed by atoms with E-state index in [-0.39, 0.29) is 5.78 Å². The lowest BCUT2D eigenvalue weighted by Crippen LogP contribution is -2.03. The number of rotatable bonds is 6. The Morgan fingerprint density at radius 2 is 2.06 bits per heavy atom. The fourth-order valence-electron chi connectivity index (χ4n) is 1.42. The van der Waals surface area contributed by atoms with Crippen molar-refractivity contribution in [2.45, 2.75) is 26.2 Å². The minimum atomic E-state index is -0.392. The van der Waals surface area contributed by atoms with E-state index in [1.807, 2.05) is 0 Å². The van der Waals surface area contributed by atoms with Gasteiger partial charge in [0.1, 0.15) is 5.75 Å². The molecule has 0 aromatic heterocycles. The number of unbranched alkanes of at least 4 members (excludes halogenated alkanes) is 1. The van der Waals surface area contributed by atoms with Crippen molar-refractivity contribution < 1.29 is 14.3 Å². The van der Waals surface area contributed by atoms with Crippen molar-refractivity contribution in [2.75, 3.05) is 5.88 Å². The lowest BCUT2D eigenvalue weighted by atomic mass is 10.1. The standard InChI is InChI=1S/C13H15ClO3/c1-10(15)17-12-6-4-5-11(9-12)13(16)7-2-3-8-14/h4-6,9H,2-3,7-8H2,1H3. The van der Waals surface area contributed by atoms with Crippen molar-refractivity contribution in [1.82, 2.24) is 0 Å². The second kappa shape index (κ2) is 7.07. The first kappa shape index (κ1) is 13.7. The summed E-state index contributed by atoms with van der Waals surface area (Å²) in [6.45, 7) is 1.33. The number of ether oxygens (including phenoxy) is 1. The average molecular weight is 255 g/mol. The smallest absolute Gasteiger partial charge is 0.308 e. The molecule has 0 radical (unpaired) electrons. The van der Waals surface area contributed by atoms with E-state index >= 15 is 0 Å². The summed E-state index contributed by atoms with van der Waals surface area (Å²) in [4.78, 5) is 22.6. The number of ketones is 1. The van der Waals surface area contributed by atoms with E-state index in [1.165, 1.54) is 6.92 Å². The highest BCUT2D eigenvalue weighted by Crippen LogP contribution is 2.16. The topological polar surface area (TPSA) is 43.4 Å². The first-order valence-corrected chi connectivity index (χ1v) is 6.04. The second-order valence-electron chi connectivity index (χ2n) is 3.69. The van der Waals surface area contributed by atoms with Crippen molar-refractivity contribution in [3.05, 3.63) is 29.8 Å². The van der Waals surface area contributed by atoms with Crippen molar-refractivity contribution in [2.24, 2.45) is 0 Å². The van der Waals surface area contributed by atoms with Gasteiger partial charge in [-0.25, -0.2) is 0 Å². The summed E-state index contributed by atoms with van der Waals surface area (Å²) in [5, 5.41) is 0. The van der Waals surface area contributed by atoms with Gasteiger partial charge in [0.15, 0.2) is 5.78 Å². The number of alkyl halides is 1. The quantitative estimate of drug-likeness (QED) is 0.257. The van der Waals surface area contributed by atoms with Crippen LogP contribution in [0.15, 0.2) is 24.3 Å². The maximum absolute atomic E-state index is 11.8. The number of benzene rings is 1. The van der Waals surface area contributed by atoms with Crippen LogP contribution in [0, 0.1) is 0 Å². The molecule has 0 aliphatic rings. The van der Waals surface area contributed by atoms with Gasteiger partial charge in [-0.1, -0.05) is 12.1 Å². The van der Waals surface area contributed by atoms with Gasteiger partial charge in [-0.15, -0.1) is 11.6 Å². The van der Waals surface area contributed by atoms with Crippen LogP contribution in [0.3, 0.4) is 0 Å². The molecule has 0 fully saturated rings. The van der Waals surface area contributed by atoms with E-state index < -0.39 is 5.97 Å². The summed E-state index contributed by atoms with van der Waals surface area (Å²) in [5.41, 5.74) is 0.568. The summed E-state index contributed by atoms with van der Waals surface area (Å²) in [6.07, 6.45) is 2.08. The Morgan fingerprint density at radius 1 is 1.29 bits per heavy atom. The average Bonchev–Trinajstić information content (AvgIpc) is 2.28. The van der Waals surface area contributed by atoms with E-state index in [0.29, 0.717) is 23.6 Å². The molecule has 0 aliphatic heterocycles. The molecule has 1 rings (SSSR count). The van der Waals surface area contributed by atoms with E-state index in [9.17, 15) is 9.59 Å². The van der Waals surface area contributed by atoms with Crippen LogP contribution in [0.25, 0.3) is 0 Å². The number of Topliss-reactive ketones (excluding diaryl/α,β-unsaturated/α-hetero) is 1. The molecule has 92 valence electrons. The van der Waals surface area contributed by atoms with Gasteiger partial charge in [0, 0.05) is 24.8 Å². The minimum Gasteiger partial charge on any atom is -0.427 e. The summed E-state index contributed by atoms with van der Waals surface area (Å²) in [5.74, 6) is 0.627. The van der Waals surface area contributed by atoms with Gasteiger partial charge < -0.3 is 4.74 Å². The maximum atomic E-state index is 11.8. The molecule has 0 heterocycles. The zero-order valence-corrected chi connectivity index (χ0v) is 10.5. The highest BCUT2D eigenvalue weighted by Gasteiger charge is 2.07. The Bertz CT molecular complexity index is 401. The Balaban J connectivity index is 2.63. The monoisotopic (exact) mass is 254 g/mol. The molecular weight excluding hydrogens is 240 g/mol. The zero-order valence-electron chi connectivity index (χ0n) is 9.74. The molecule has 0 atom stereocenters. The Labute approximate surface area is 106 Å². The van der Waals surface area contributed by atoms with E-state index in [2.05, 4.69) is 0 Å². The third-order valence-electron chi connectivity index (χ3n) is 2.21. The third-order valence-corrected chi connectivity index (χ3v) is 2.47. The fourth-order valence-corrected chi connectivity index (χ4v) is 1.61. The second-order valence-corrected chi connectivity index (χ2v) is 4.07. The van der Waals surface area contributed by atoms with Gasteiger partial charge >= 0.3 is 5.97 Å². The number of carbonyl (C=O) groups is 2. The molecule has 0 saturated carbocycles. The van der Waals surface area contributed by atoms with Crippen molar-refractivity contribution in [3.63, 3.8) is 0 Å². The van der Waals surface area contributed by atoms with Gasteiger partial charge in [0.25, 0.3) is 0 Å². The van der Waals surface area contributed by atoms with Gasteiger partial charge in [0.05, 0.1) is 0 Å². The highest BCUT2D eigenvalue weighted by atomic mass is 35.5. The SMILES string of the molecule is CC(=O)Oc1cccc(C(=O)CCCCCl)c1. The molecule has 17 heavy (non-hydrogen) atoms. The molecule has 0 N–H and O–H groups in total. The Hall–Kier alpha value is -1.35. The van der Waals surface area contributed by atoms with Crippen molar-refractivity contribution >= 4 is 23.4 Å². The molecule has 0 saturated heterocycles. The van der Waals surface area contributed by atoms with E-state index in [0.717, 1.165) is 12.8 Å². The number of hydrogen-bond acceptors (Lipinski definition) is 3. The van der Waals surface area contributed by atoms with Crippen LogP contribution in [0.1, 0.15) is 36.5 Å². The minimum absolute atomic E-state index is 0.0455. The number of halogens is 1. The molecule has 0 aliphatic carbocycles. The zero-order chi connectivity index (χ0) is 12.7. The van der Waals surface area contributed by atoms with Crippen LogP contribution in [0.4, 0.5) is 0 Å². The van der Waals surface area contributed by atoms with Crippen LogP contribution in [-0.2, 0) is 4.79 Å². The first-order valence-electron chi connectivity index (χ1n) is 5.51. The molecule has 0 spiro atoms. The summed E-state index contributed by atoms with van der Waals surface area (Å²) in [7, 11) is 0. The van der Waals surface area contributed by atoms with E-state index in [1.54, 1.807) is 24.3 Å². The van der Waals surface area contributed by atoms with Crippen LogP contribution < -0.4 is 4.74 Å². The molecule has 0 bridgehead atoms. The number of esters is 1. The van der Waals surface area contributed by atoms with Crippen LogP contribution in [0.2, 0.25) is 0 Å². The van der Waals surface area contributed by atoms with Gasteiger partial charge in [0.2, 0.25) is 0 Å². The summed E-state index contributed by atoms with van der Waals surface area (Å²) < 4.78 is 4.92. The number of hydrogen-bond donors (Lipinski definition) is 0. The highest BCUT2D eigenvalue weighted by molar-refractivity contribution is 6.17. The van der Waals surface area contributed by atoms with Gasteiger partial charge in [-0.05, 0) is 25.0 Å². The normalized spacial score (nSPS) is 10.0. The van der Waals surface area contributed by atoms with Crippen molar-refractivity contribution in [1.29, 1.82) is 0 Å². The first-order chi connectivity index (χ1) is 8.13. The van der Waals surface area contributed by atoms with Gasteiger partial charge in [-0.2, -0.15) is 0 Å². The molecule has 0 unspecified atom stereocenters. The largest absolute Gasteiger partial charge is 0.427 e.